The number of nitrogens with zero attached hydrogens (tertiary/aromatic N) is 4. The Bertz CT molecular complexity index is 1510. The number of nitrogens with one attached hydrogen (secondary N) is 1. The molecule has 38 heavy (non-hydrogen) atoms. The van der Waals surface area contributed by atoms with Crippen molar-refractivity contribution in [3.05, 3.63) is 111 Å². The van der Waals surface area contributed by atoms with Crippen molar-refractivity contribution in [1.29, 1.82) is 0 Å². The predicted octanol–water partition coefficient (Wildman–Crippen LogP) is 2.87. The highest BCUT2D eigenvalue weighted by molar-refractivity contribution is 5.95. The number of ether oxygens (including phenoxy) is 2. The van der Waals surface area contributed by atoms with E-state index in [-0.39, 0.29) is 36.0 Å². The van der Waals surface area contributed by atoms with Crippen LogP contribution in [0.1, 0.15) is 38.8 Å². The molecule has 4 heterocycles. The van der Waals surface area contributed by atoms with Gasteiger partial charge in [0, 0.05) is 30.7 Å². The molecule has 3 aromatic heterocycles. The quantitative estimate of drug-likeness (QED) is 0.364. The molecule has 4 aromatic rings. The van der Waals surface area contributed by atoms with E-state index in [9.17, 15) is 18.4 Å². The van der Waals surface area contributed by atoms with Crippen LogP contribution >= 0.6 is 0 Å². The van der Waals surface area contributed by atoms with Gasteiger partial charge in [-0.2, -0.15) is 5.10 Å². The van der Waals surface area contributed by atoms with E-state index in [1.165, 1.54) is 36.2 Å². The number of carbonyl (C=O) groups is 1. The first-order chi connectivity index (χ1) is 18.4. The van der Waals surface area contributed by atoms with Crippen LogP contribution in [0.4, 0.5) is 8.78 Å². The number of hydrogen-bond donors (Lipinski definition) is 1. The second kappa shape index (κ2) is 10.9. The maximum Gasteiger partial charge on any atom is 0.255 e. The molecule has 0 unspecified atom stereocenters. The number of hydrogen-bond acceptors (Lipinski definition) is 6. The van der Waals surface area contributed by atoms with Crippen molar-refractivity contribution in [3.8, 4) is 5.75 Å². The molecule has 1 amide bonds. The Morgan fingerprint density at radius 2 is 1.82 bits per heavy atom. The van der Waals surface area contributed by atoms with E-state index in [0.717, 1.165) is 17.2 Å². The third-order valence-electron chi connectivity index (χ3n) is 6.29. The summed E-state index contributed by atoms with van der Waals surface area (Å²) in [6.45, 7) is 1.48. The zero-order valence-electron chi connectivity index (χ0n) is 20.6. The topological polar surface area (TPSA) is 100 Å². The molecule has 0 aliphatic carbocycles. The summed E-state index contributed by atoms with van der Waals surface area (Å²) in [5.41, 5.74) is 2.56. The minimum absolute atomic E-state index is 0.00404. The Hall–Kier alpha value is -4.38. The highest BCUT2D eigenvalue weighted by Crippen LogP contribution is 2.26. The Labute approximate surface area is 216 Å². The zero-order chi connectivity index (χ0) is 26.6. The highest BCUT2D eigenvalue weighted by atomic mass is 19.1. The smallest absolute Gasteiger partial charge is 0.255 e. The van der Waals surface area contributed by atoms with Gasteiger partial charge in [-0.25, -0.2) is 8.78 Å². The van der Waals surface area contributed by atoms with Crippen LogP contribution in [-0.2, 0) is 24.4 Å². The maximum absolute atomic E-state index is 14.4. The highest BCUT2D eigenvalue weighted by Gasteiger charge is 2.29. The largest absolute Gasteiger partial charge is 0.494 e. The van der Waals surface area contributed by atoms with E-state index in [4.69, 9.17) is 9.47 Å². The summed E-state index contributed by atoms with van der Waals surface area (Å²) in [5.74, 6) is -1.44. The van der Waals surface area contributed by atoms with Crippen molar-refractivity contribution < 1.29 is 23.0 Å². The summed E-state index contributed by atoms with van der Waals surface area (Å²) >= 11 is 0. The van der Waals surface area contributed by atoms with Crippen LogP contribution in [0.25, 0.3) is 0 Å². The van der Waals surface area contributed by atoms with Crippen molar-refractivity contribution >= 4 is 5.91 Å². The van der Waals surface area contributed by atoms with Gasteiger partial charge in [0.25, 0.3) is 11.5 Å². The van der Waals surface area contributed by atoms with Gasteiger partial charge in [0.2, 0.25) is 0 Å². The Morgan fingerprint density at radius 3 is 2.50 bits per heavy atom. The average Bonchev–Trinajstić information content (AvgIpc) is 3.28. The lowest BCUT2D eigenvalue weighted by Crippen LogP contribution is -2.30. The number of rotatable bonds is 9. The van der Waals surface area contributed by atoms with Crippen molar-refractivity contribution in [1.82, 2.24) is 24.6 Å². The van der Waals surface area contributed by atoms with E-state index in [1.54, 1.807) is 10.9 Å². The van der Waals surface area contributed by atoms with Crippen LogP contribution in [0, 0.1) is 11.6 Å². The van der Waals surface area contributed by atoms with Gasteiger partial charge in [0.15, 0.2) is 11.6 Å². The summed E-state index contributed by atoms with van der Waals surface area (Å²) in [7, 11) is 1.36. The fourth-order valence-electron chi connectivity index (χ4n) is 4.15. The first kappa shape index (κ1) is 25.3. The molecule has 9 nitrogen and oxygen atoms in total. The van der Waals surface area contributed by atoms with E-state index < -0.39 is 17.5 Å². The van der Waals surface area contributed by atoms with Gasteiger partial charge in [-0.1, -0.05) is 24.3 Å². The van der Waals surface area contributed by atoms with Gasteiger partial charge in [-0.3, -0.25) is 19.3 Å². The molecular weight excluding hydrogens is 496 g/mol. The molecule has 196 valence electrons. The summed E-state index contributed by atoms with van der Waals surface area (Å²) in [6.07, 6.45) is 4.26. The van der Waals surface area contributed by atoms with Gasteiger partial charge < -0.3 is 19.4 Å². The van der Waals surface area contributed by atoms with Gasteiger partial charge in [-0.05, 0) is 17.2 Å². The van der Waals surface area contributed by atoms with Crippen molar-refractivity contribution in [2.24, 2.45) is 0 Å². The molecule has 0 radical (unpaired) electrons. The fraction of sp³-hybridized carbons (Fsp3) is 0.259. The lowest BCUT2D eigenvalue weighted by Gasteiger charge is -2.25. The standard InChI is InChI=1S/C27H25F2N5O4/c1-37-23-8-9-30-22(25(23)29)10-31-27(36)21-14-34(32-26(21)19-15-38-16-19)12-18-4-2-17(3-5-18)11-33-13-20(28)6-7-24(33)35/h2-9,13-14,19H,10-12,15-16H2,1H3,(H,31,36). The lowest BCUT2D eigenvalue weighted by molar-refractivity contribution is 0.00620. The maximum atomic E-state index is 14.4. The Morgan fingerprint density at radius 1 is 1.08 bits per heavy atom. The van der Waals surface area contributed by atoms with Crippen LogP contribution in [-0.4, -0.2) is 45.6 Å². The average molecular weight is 522 g/mol. The fourth-order valence-corrected chi connectivity index (χ4v) is 4.15. The molecule has 5 rings (SSSR count). The van der Waals surface area contributed by atoms with Gasteiger partial charge in [0.05, 0.1) is 62.8 Å². The number of methoxy groups -OCH3 is 1. The van der Waals surface area contributed by atoms with E-state index in [0.29, 0.717) is 31.0 Å². The van der Waals surface area contributed by atoms with Crippen molar-refractivity contribution in [2.75, 3.05) is 20.3 Å². The molecule has 0 saturated carbocycles. The minimum atomic E-state index is -0.621. The molecule has 1 N–H and O–H groups in total. The third kappa shape index (κ3) is 5.47. The number of halogens is 2. The van der Waals surface area contributed by atoms with E-state index in [2.05, 4.69) is 15.4 Å². The number of benzene rings is 1. The summed E-state index contributed by atoms with van der Waals surface area (Å²) in [6, 6.07) is 11.3. The lowest BCUT2D eigenvalue weighted by atomic mass is 10.00. The first-order valence-corrected chi connectivity index (χ1v) is 12.0. The number of amides is 1. The van der Waals surface area contributed by atoms with E-state index in [1.807, 2.05) is 24.3 Å². The predicted molar refractivity (Wildman–Crippen MR) is 133 cm³/mol. The van der Waals surface area contributed by atoms with Crippen LogP contribution < -0.4 is 15.6 Å². The first-order valence-electron chi connectivity index (χ1n) is 12.0. The van der Waals surface area contributed by atoms with Crippen molar-refractivity contribution in [2.45, 2.75) is 25.6 Å². The molecule has 0 atom stereocenters. The van der Waals surface area contributed by atoms with Crippen LogP contribution in [0.3, 0.4) is 0 Å². The molecular formula is C27H25F2N5O4. The molecule has 0 bridgehead atoms. The van der Waals surface area contributed by atoms with Crippen molar-refractivity contribution in [3.63, 3.8) is 0 Å². The monoisotopic (exact) mass is 521 g/mol. The Balaban J connectivity index is 1.29. The normalized spacial score (nSPS) is 13.2. The minimum Gasteiger partial charge on any atom is -0.494 e. The molecule has 1 aliphatic heterocycles. The van der Waals surface area contributed by atoms with Crippen LogP contribution in [0.2, 0.25) is 0 Å². The Kier molecular flexibility index (Phi) is 7.27. The molecule has 11 heteroatoms. The number of carbonyl (C=O) groups excluding carboxylic acids is 1. The number of aromatic nitrogens is 4. The van der Waals surface area contributed by atoms with E-state index >= 15 is 0 Å². The SMILES string of the molecule is COc1ccnc(CNC(=O)c2cn(Cc3ccc(Cn4cc(F)ccc4=O)cc3)nc2C2COC2)c1F. The summed E-state index contributed by atoms with van der Waals surface area (Å²) < 4.78 is 41.2. The second-order valence-corrected chi connectivity index (χ2v) is 8.95. The second-order valence-electron chi connectivity index (χ2n) is 8.95. The zero-order valence-corrected chi connectivity index (χ0v) is 20.6. The van der Waals surface area contributed by atoms with Gasteiger partial charge >= 0.3 is 0 Å². The molecule has 1 saturated heterocycles. The molecule has 1 aliphatic rings. The molecule has 1 aromatic carbocycles. The third-order valence-corrected chi connectivity index (χ3v) is 6.29. The summed E-state index contributed by atoms with van der Waals surface area (Å²) in [5, 5.41) is 7.36. The molecule has 1 fully saturated rings. The van der Waals surface area contributed by atoms with Gasteiger partial charge in [-0.15, -0.1) is 0 Å². The number of pyridine rings is 2. The molecule has 0 spiro atoms. The van der Waals surface area contributed by atoms with Crippen LogP contribution in [0.15, 0.2) is 65.8 Å². The van der Waals surface area contributed by atoms with Crippen LogP contribution in [0.5, 0.6) is 5.75 Å². The van der Waals surface area contributed by atoms with Gasteiger partial charge in [0.1, 0.15) is 5.82 Å². The summed E-state index contributed by atoms with van der Waals surface area (Å²) in [4.78, 5) is 29.0.